The number of hydrogen-bond acceptors (Lipinski definition) is 3. The van der Waals surface area contributed by atoms with Gasteiger partial charge in [0.05, 0.1) is 0 Å². The molecule has 3 aromatic carbocycles. The molecular formula is C27H28FNO2S. The van der Waals surface area contributed by atoms with Crippen LogP contribution in [0.5, 0.6) is 5.75 Å². The molecule has 3 nitrogen and oxygen atoms in total. The van der Waals surface area contributed by atoms with Crippen molar-refractivity contribution in [2.24, 2.45) is 0 Å². The Labute approximate surface area is 193 Å². The van der Waals surface area contributed by atoms with Crippen LogP contribution in [-0.4, -0.2) is 29.5 Å². The molecule has 0 heterocycles. The van der Waals surface area contributed by atoms with Crippen LogP contribution in [0.15, 0.2) is 77.0 Å². The standard InChI is InChI=1S/C27H28FNO2S/c1-5-6-15-29(4)27(31)20-11-14-25(18(2)16-20)32-26-10-8-7-9-23(26)19(3)22-13-12-21(30)17-24(22)28/h7-14,16-17,30H,3,5-6,15H2,1-2,4H3. The SMILES string of the molecule is C=C(c1ccc(O)cc1F)c1ccccc1Sc1ccc(C(=O)N(C)CCCC)cc1C. The third-order valence-corrected chi connectivity index (χ3v) is 6.58. The second-order valence-corrected chi connectivity index (χ2v) is 8.89. The Morgan fingerprint density at radius 1 is 1.06 bits per heavy atom. The van der Waals surface area contributed by atoms with Gasteiger partial charge >= 0.3 is 0 Å². The second kappa shape index (κ2) is 10.5. The summed E-state index contributed by atoms with van der Waals surface area (Å²) >= 11 is 1.56. The Balaban J connectivity index is 1.85. The van der Waals surface area contributed by atoms with E-state index in [1.165, 1.54) is 12.1 Å². The number of aromatic hydroxyl groups is 1. The van der Waals surface area contributed by atoms with Gasteiger partial charge in [0.1, 0.15) is 11.6 Å². The van der Waals surface area contributed by atoms with Crippen molar-refractivity contribution in [2.45, 2.75) is 36.5 Å². The normalized spacial score (nSPS) is 10.8. The fourth-order valence-corrected chi connectivity index (χ4v) is 4.47. The van der Waals surface area contributed by atoms with Gasteiger partial charge in [0.25, 0.3) is 5.91 Å². The van der Waals surface area contributed by atoms with E-state index in [1.54, 1.807) is 16.7 Å². The lowest BCUT2D eigenvalue weighted by Gasteiger charge is -2.18. The van der Waals surface area contributed by atoms with Crippen molar-refractivity contribution < 1.29 is 14.3 Å². The van der Waals surface area contributed by atoms with Crippen LogP contribution in [0.2, 0.25) is 0 Å². The summed E-state index contributed by atoms with van der Waals surface area (Å²) in [6.07, 6.45) is 2.03. The topological polar surface area (TPSA) is 40.5 Å². The van der Waals surface area contributed by atoms with Gasteiger partial charge in [-0.25, -0.2) is 4.39 Å². The maximum absolute atomic E-state index is 14.4. The largest absolute Gasteiger partial charge is 0.508 e. The highest BCUT2D eigenvalue weighted by Crippen LogP contribution is 2.38. The van der Waals surface area contributed by atoms with Crippen molar-refractivity contribution in [3.63, 3.8) is 0 Å². The first-order valence-electron chi connectivity index (χ1n) is 10.6. The van der Waals surface area contributed by atoms with Crippen LogP contribution in [0.4, 0.5) is 4.39 Å². The number of halogens is 1. The minimum atomic E-state index is -0.513. The van der Waals surface area contributed by atoms with Gasteiger partial charge < -0.3 is 10.0 Å². The number of amides is 1. The summed E-state index contributed by atoms with van der Waals surface area (Å²) < 4.78 is 14.4. The molecule has 5 heteroatoms. The van der Waals surface area contributed by atoms with Crippen molar-refractivity contribution in [2.75, 3.05) is 13.6 Å². The van der Waals surface area contributed by atoms with Gasteiger partial charge in [0.2, 0.25) is 0 Å². The van der Waals surface area contributed by atoms with E-state index in [0.29, 0.717) is 16.7 Å². The van der Waals surface area contributed by atoms with E-state index in [4.69, 9.17) is 0 Å². The van der Waals surface area contributed by atoms with Crippen LogP contribution < -0.4 is 0 Å². The highest BCUT2D eigenvalue weighted by Gasteiger charge is 2.16. The summed E-state index contributed by atoms with van der Waals surface area (Å²) in [6.45, 7) is 8.95. The zero-order valence-electron chi connectivity index (χ0n) is 18.7. The number of phenols is 1. The monoisotopic (exact) mass is 449 g/mol. The first-order valence-corrected chi connectivity index (χ1v) is 11.4. The second-order valence-electron chi connectivity index (χ2n) is 7.80. The molecule has 0 fully saturated rings. The first kappa shape index (κ1) is 23.6. The average Bonchev–Trinajstić information content (AvgIpc) is 2.78. The maximum atomic E-state index is 14.4. The van der Waals surface area contributed by atoms with Crippen LogP contribution >= 0.6 is 11.8 Å². The molecule has 0 aromatic heterocycles. The van der Waals surface area contributed by atoms with Gasteiger partial charge in [-0.15, -0.1) is 0 Å². The molecule has 32 heavy (non-hydrogen) atoms. The maximum Gasteiger partial charge on any atom is 0.253 e. The van der Waals surface area contributed by atoms with E-state index in [-0.39, 0.29) is 11.7 Å². The Morgan fingerprint density at radius 2 is 1.81 bits per heavy atom. The minimum absolute atomic E-state index is 0.0229. The van der Waals surface area contributed by atoms with Crippen LogP contribution in [0.1, 0.15) is 46.8 Å². The lowest BCUT2D eigenvalue weighted by Crippen LogP contribution is -2.27. The van der Waals surface area contributed by atoms with E-state index >= 15 is 0 Å². The number of benzene rings is 3. The number of hydrogen-bond donors (Lipinski definition) is 1. The molecule has 1 N–H and O–H groups in total. The summed E-state index contributed by atoms with van der Waals surface area (Å²) in [7, 11) is 1.83. The number of phenolic OH excluding ortho intramolecular Hbond substituents is 1. The van der Waals surface area contributed by atoms with Gasteiger partial charge in [-0.2, -0.15) is 0 Å². The summed E-state index contributed by atoms with van der Waals surface area (Å²) in [5.74, 6) is -0.608. The average molecular weight is 450 g/mol. The molecule has 0 radical (unpaired) electrons. The van der Waals surface area contributed by atoms with Gasteiger partial charge in [-0.05, 0) is 66.4 Å². The molecular weight excluding hydrogens is 421 g/mol. The molecule has 0 aliphatic rings. The molecule has 3 aromatic rings. The molecule has 0 unspecified atom stereocenters. The van der Waals surface area contributed by atoms with Gasteiger partial charge in [0, 0.05) is 40.6 Å². The quantitative estimate of drug-likeness (QED) is 0.406. The Bertz CT molecular complexity index is 1140. The summed E-state index contributed by atoms with van der Waals surface area (Å²) in [5, 5.41) is 9.51. The fourth-order valence-electron chi connectivity index (χ4n) is 3.43. The van der Waals surface area contributed by atoms with Crippen molar-refractivity contribution in [3.05, 3.63) is 95.3 Å². The van der Waals surface area contributed by atoms with Gasteiger partial charge in [0.15, 0.2) is 0 Å². The van der Waals surface area contributed by atoms with Crippen LogP contribution in [0, 0.1) is 12.7 Å². The molecule has 0 aliphatic heterocycles. The minimum Gasteiger partial charge on any atom is -0.508 e. The number of nitrogens with zero attached hydrogens (tertiary/aromatic N) is 1. The lowest BCUT2D eigenvalue weighted by molar-refractivity contribution is 0.0793. The van der Waals surface area contributed by atoms with Crippen molar-refractivity contribution in [1.82, 2.24) is 4.90 Å². The molecule has 166 valence electrons. The fraction of sp³-hybridized carbons (Fsp3) is 0.222. The molecule has 0 saturated carbocycles. The van der Waals surface area contributed by atoms with Gasteiger partial charge in [-0.3, -0.25) is 4.79 Å². The molecule has 0 spiro atoms. The summed E-state index contributed by atoms with van der Waals surface area (Å²) in [5.41, 5.74) is 3.40. The molecule has 0 aliphatic carbocycles. The molecule has 0 atom stereocenters. The van der Waals surface area contributed by atoms with E-state index < -0.39 is 5.82 Å². The first-order chi connectivity index (χ1) is 15.3. The Morgan fingerprint density at radius 3 is 2.50 bits per heavy atom. The zero-order chi connectivity index (χ0) is 23.3. The molecule has 0 saturated heterocycles. The lowest BCUT2D eigenvalue weighted by atomic mass is 9.99. The number of aryl methyl sites for hydroxylation is 1. The Hall–Kier alpha value is -3.05. The van der Waals surface area contributed by atoms with Gasteiger partial charge in [-0.1, -0.05) is 49.9 Å². The third-order valence-electron chi connectivity index (χ3n) is 5.33. The highest BCUT2D eigenvalue weighted by atomic mass is 32.2. The zero-order valence-corrected chi connectivity index (χ0v) is 19.5. The van der Waals surface area contributed by atoms with Crippen molar-refractivity contribution in [1.29, 1.82) is 0 Å². The van der Waals surface area contributed by atoms with E-state index in [2.05, 4.69) is 13.5 Å². The highest BCUT2D eigenvalue weighted by molar-refractivity contribution is 7.99. The predicted octanol–water partition coefficient (Wildman–Crippen LogP) is 6.92. The van der Waals surface area contributed by atoms with Crippen LogP contribution in [-0.2, 0) is 0 Å². The molecule has 1 amide bonds. The van der Waals surface area contributed by atoms with E-state index in [9.17, 15) is 14.3 Å². The van der Waals surface area contributed by atoms with E-state index in [1.807, 2.05) is 56.4 Å². The molecule has 3 rings (SSSR count). The smallest absolute Gasteiger partial charge is 0.253 e. The van der Waals surface area contributed by atoms with Crippen molar-refractivity contribution >= 4 is 23.2 Å². The number of carbonyl (C=O) groups is 1. The summed E-state index contributed by atoms with van der Waals surface area (Å²) in [4.78, 5) is 16.4. The summed E-state index contributed by atoms with van der Waals surface area (Å²) in [6, 6.07) is 17.5. The third kappa shape index (κ3) is 5.40. The van der Waals surface area contributed by atoms with Crippen LogP contribution in [0.25, 0.3) is 5.57 Å². The predicted molar refractivity (Wildman–Crippen MR) is 130 cm³/mol. The Kier molecular flexibility index (Phi) is 7.75. The number of rotatable bonds is 8. The van der Waals surface area contributed by atoms with Crippen LogP contribution in [0.3, 0.4) is 0 Å². The molecule has 0 bridgehead atoms. The number of unbranched alkanes of at least 4 members (excludes halogenated alkanes) is 1. The van der Waals surface area contributed by atoms with Crippen molar-refractivity contribution in [3.8, 4) is 5.75 Å². The number of carbonyl (C=O) groups excluding carboxylic acids is 1. The van der Waals surface area contributed by atoms with E-state index in [0.717, 1.165) is 46.4 Å².